The molecular weight excluding hydrogens is 309 g/mol. The van der Waals surface area contributed by atoms with Gasteiger partial charge in [0, 0.05) is 11.3 Å². The summed E-state index contributed by atoms with van der Waals surface area (Å²) in [5.41, 5.74) is 3.51. The maximum Gasteiger partial charge on any atom is 0.248 e. The van der Waals surface area contributed by atoms with Gasteiger partial charge in [-0.2, -0.15) is 4.80 Å². The van der Waals surface area contributed by atoms with Crippen molar-refractivity contribution in [1.29, 1.82) is 0 Å². The molecule has 0 aliphatic carbocycles. The average molecular weight is 325 g/mol. The van der Waals surface area contributed by atoms with E-state index >= 15 is 0 Å². The lowest BCUT2D eigenvalue weighted by atomic mass is 10.1. The Bertz CT molecular complexity index is 873. The molecule has 1 aromatic heterocycles. The fourth-order valence-corrected chi connectivity index (χ4v) is 2.30. The van der Waals surface area contributed by atoms with Gasteiger partial charge in [0.1, 0.15) is 12.4 Å². The fraction of sp³-hybridized carbons (Fsp3) is 0.176. The van der Waals surface area contributed by atoms with Gasteiger partial charge in [-0.05, 0) is 55.0 Å². The van der Waals surface area contributed by atoms with Gasteiger partial charge in [0.25, 0.3) is 0 Å². The van der Waals surface area contributed by atoms with Crippen molar-refractivity contribution in [3.8, 4) is 11.4 Å². The van der Waals surface area contributed by atoms with Crippen molar-refractivity contribution >= 4 is 11.6 Å². The zero-order valence-corrected chi connectivity index (χ0v) is 13.3. The highest BCUT2D eigenvalue weighted by atomic mass is 19.1. The van der Waals surface area contributed by atoms with E-state index in [0.29, 0.717) is 11.4 Å². The van der Waals surface area contributed by atoms with Crippen LogP contribution in [0.15, 0.2) is 42.5 Å². The molecule has 3 rings (SSSR count). The van der Waals surface area contributed by atoms with Crippen molar-refractivity contribution < 1.29 is 9.18 Å². The third-order valence-corrected chi connectivity index (χ3v) is 3.50. The average Bonchev–Trinajstić information content (AvgIpc) is 2.99. The van der Waals surface area contributed by atoms with Crippen LogP contribution in [0.5, 0.6) is 0 Å². The molecule has 0 aliphatic rings. The Morgan fingerprint density at radius 1 is 1.17 bits per heavy atom. The maximum atomic E-state index is 12.9. The Hall–Kier alpha value is -3.09. The van der Waals surface area contributed by atoms with Gasteiger partial charge in [0.05, 0.1) is 0 Å². The second-order valence-electron chi connectivity index (χ2n) is 5.52. The van der Waals surface area contributed by atoms with E-state index in [1.54, 1.807) is 12.1 Å². The Labute approximate surface area is 138 Å². The van der Waals surface area contributed by atoms with E-state index in [9.17, 15) is 9.18 Å². The minimum absolute atomic E-state index is 0.0541. The maximum absolute atomic E-state index is 12.9. The highest BCUT2D eigenvalue weighted by Gasteiger charge is 2.10. The van der Waals surface area contributed by atoms with Gasteiger partial charge < -0.3 is 5.32 Å². The Morgan fingerprint density at radius 3 is 2.62 bits per heavy atom. The molecule has 122 valence electrons. The van der Waals surface area contributed by atoms with Gasteiger partial charge in [-0.1, -0.05) is 17.7 Å². The van der Waals surface area contributed by atoms with E-state index in [1.807, 2.05) is 32.0 Å². The molecule has 6 nitrogen and oxygen atoms in total. The summed E-state index contributed by atoms with van der Waals surface area (Å²) < 4.78 is 12.9. The molecule has 24 heavy (non-hydrogen) atoms. The number of carbonyl (C=O) groups is 1. The van der Waals surface area contributed by atoms with Crippen LogP contribution in [-0.4, -0.2) is 26.1 Å². The van der Waals surface area contributed by atoms with Crippen LogP contribution in [-0.2, 0) is 11.3 Å². The summed E-state index contributed by atoms with van der Waals surface area (Å²) in [4.78, 5) is 13.3. The van der Waals surface area contributed by atoms with Crippen LogP contribution in [0.4, 0.5) is 10.1 Å². The highest BCUT2D eigenvalue weighted by molar-refractivity contribution is 5.91. The Balaban J connectivity index is 1.68. The molecule has 0 bridgehead atoms. The van der Waals surface area contributed by atoms with Crippen LogP contribution < -0.4 is 5.32 Å². The molecule has 0 radical (unpaired) electrons. The van der Waals surface area contributed by atoms with Crippen LogP contribution >= 0.6 is 0 Å². The molecular formula is C17H16FN5O. The van der Waals surface area contributed by atoms with Gasteiger partial charge >= 0.3 is 0 Å². The predicted molar refractivity (Wildman–Crippen MR) is 87.8 cm³/mol. The van der Waals surface area contributed by atoms with Crippen LogP contribution in [0.3, 0.4) is 0 Å². The van der Waals surface area contributed by atoms with Crippen molar-refractivity contribution in [2.24, 2.45) is 0 Å². The highest BCUT2D eigenvalue weighted by Crippen LogP contribution is 2.16. The predicted octanol–water partition coefficient (Wildman–Crippen LogP) is 2.73. The quantitative estimate of drug-likeness (QED) is 0.800. The molecule has 0 atom stereocenters. The summed E-state index contributed by atoms with van der Waals surface area (Å²) in [5, 5.41) is 14.7. The van der Waals surface area contributed by atoms with Crippen LogP contribution in [0.25, 0.3) is 11.4 Å². The number of nitrogens with zero attached hydrogens (tertiary/aromatic N) is 4. The zero-order chi connectivity index (χ0) is 17.1. The lowest BCUT2D eigenvalue weighted by Gasteiger charge is -2.08. The molecule has 7 heteroatoms. The first-order valence-corrected chi connectivity index (χ1v) is 7.42. The summed E-state index contributed by atoms with van der Waals surface area (Å²) in [6.45, 7) is 3.87. The molecule has 2 aromatic carbocycles. The summed E-state index contributed by atoms with van der Waals surface area (Å²) >= 11 is 0. The topological polar surface area (TPSA) is 72.7 Å². The molecule has 0 unspecified atom stereocenters. The van der Waals surface area contributed by atoms with Crippen molar-refractivity contribution in [2.75, 3.05) is 5.32 Å². The summed E-state index contributed by atoms with van der Waals surface area (Å²) in [5.74, 6) is -0.238. The number of aromatic nitrogens is 4. The molecule has 0 saturated heterocycles. The minimum atomic E-state index is -0.334. The number of amides is 1. The van der Waals surface area contributed by atoms with Crippen LogP contribution in [0.1, 0.15) is 11.1 Å². The summed E-state index contributed by atoms with van der Waals surface area (Å²) in [6.07, 6.45) is 0. The van der Waals surface area contributed by atoms with Crippen molar-refractivity contribution in [2.45, 2.75) is 20.4 Å². The lowest BCUT2D eigenvalue weighted by Crippen LogP contribution is -2.21. The number of tetrazole rings is 1. The smallest absolute Gasteiger partial charge is 0.248 e. The standard InChI is InChI=1S/C17H16FN5O/c1-11-3-8-15(12(2)9-11)19-16(24)10-23-21-17(20-22-23)13-4-6-14(18)7-5-13/h3-9H,10H2,1-2H3,(H,19,24). The van der Waals surface area contributed by atoms with Crippen LogP contribution in [0.2, 0.25) is 0 Å². The largest absolute Gasteiger partial charge is 0.324 e. The fourth-order valence-electron chi connectivity index (χ4n) is 2.30. The van der Waals surface area contributed by atoms with E-state index in [4.69, 9.17) is 0 Å². The first-order valence-electron chi connectivity index (χ1n) is 7.42. The summed E-state index contributed by atoms with van der Waals surface area (Å²) in [6, 6.07) is 11.6. The second-order valence-corrected chi connectivity index (χ2v) is 5.52. The van der Waals surface area contributed by atoms with Gasteiger partial charge in [-0.15, -0.1) is 10.2 Å². The number of carbonyl (C=O) groups excluding carboxylic acids is 1. The number of rotatable bonds is 4. The molecule has 1 N–H and O–H groups in total. The third kappa shape index (κ3) is 3.62. The molecule has 3 aromatic rings. The number of halogens is 1. The van der Waals surface area contributed by atoms with E-state index in [2.05, 4.69) is 20.7 Å². The zero-order valence-electron chi connectivity index (χ0n) is 13.3. The number of benzene rings is 2. The Morgan fingerprint density at radius 2 is 1.92 bits per heavy atom. The van der Waals surface area contributed by atoms with Gasteiger partial charge in [-0.25, -0.2) is 4.39 Å². The van der Waals surface area contributed by atoms with E-state index in [1.165, 1.54) is 16.9 Å². The van der Waals surface area contributed by atoms with Gasteiger partial charge in [0.15, 0.2) is 0 Å². The minimum Gasteiger partial charge on any atom is -0.324 e. The molecule has 0 aliphatic heterocycles. The van der Waals surface area contributed by atoms with E-state index < -0.39 is 0 Å². The first kappa shape index (κ1) is 15.8. The SMILES string of the molecule is Cc1ccc(NC(=O)Cn2nnc(-c3ccc(F)cc3)n2)c(C)c1. The lowest BCUT2D eigenvalue weighted by molar-refractivity contribution is -0.117. The van der Waals surface area contributed by atoms with E-state index in [-0.39, 0.29) is 18.3 Å². The van der Waals surface area contributed by atoms with Crippen molar-refractivity contribution in [1.82, 2.24) is 20.2 Å². The number of nitrogens with one attached hydrogen (secondary N) is 1. The van der Waals surface area contributed by atoms with Crippen LogP contribution in [0, 0.1) is 19.7 Å². The molecule has 0 fully saturated rings. The number of anilines is 1. The molecule has 0 saturated carbocycles. The third-order valence-electron chi connectivity index (χ3n) is 3.50. The number of hydrogen-bond donors (Lipinski definition) is 1. The van der Waals surface area contributed by atoms with Gasteiger partial charge in [-0.3, -0.25) is 4.79 Å². The monoisotopic (exact) mass is 325 g/mol. The second kappa shape index (κ2) is 6.57. The first-order chi connectivity index (χ1) is 11.5. The summed E-state index contributed by atoms with van der Waals surface area (Å²) in [7, 11) is 0. The number of hydrogen-bond acceptors (Lipinski definition) is 4. The van der Waals surface area contributed by atoms with Crippen molar-refractivity contribution in [3.63, 3.8) is 0 Å². The molecule has 0 spiro atoms. The van der Waals surface area contributed by atoms with Crippen molar-refractivity contribution in [3.05, 3.63) is 59.4 Å². The Kier molecular flexibility index (Phi) is 4.33. The molecule has 1 heterocycles. The molecule has 1 amide bonds. The van der Waals surface area contributed by atoms with Gasteiger partial charge in [0.2, 0.25) is 11.7 Å². The van der Waals surface area contributed by atoms with E-state index in [0.717, 1.165) is 16.8 Å². The number of aryl methyl sites for hydroxylation is 2. The normalized spacial score (nSPS) is 10.6.